The van der Waals surface area contributed by atoms with Crippen LogP contribution in [-0.4, -0.2) is 27.7 Å². The van der Waals surface area contributed by atoms with E-state index in [4.69, 9.17) is 4.98 Å². The van der Waals surface area contributed by atoms with Gasteiger partial charge >= 0.3 is 0 Å². The first-order chi connectivity index (χ1) is 16.8. The number of H-pyrrole nitrogens is 1. The first-order valence-corrected chi connectivity index (χ1v) is 13.2. The van der Waals surface area contributed by atoms with E-state index in [-0.39, 0.29) is 11.5 Å². The van der Waals surface area contributed by atoms with E-state index in [1.165, 1.54) is 5.69 Å². The highest BCUT2D eigenvalue weighted by molar-refractivity contribution is 5.86. The molecule has 0 amide bonds. The molecule has 0 atom stereocenters. The minimum absolute atomic E-state index is 0.0154. The summed E-state index contributed by atoms with van der Waals surface area (Å²) < 4.78 is 1.64. The van der Waals surface area contributed by atoms with Crippen LogP contribution >= 0.6 is 0 Å². The summed E-state index contributed by atoms with van der Waals surface area (Å²) in [6.45, 7) is 18.9. The standard InChI is InChI=1S/C29H43N5O/c1-9-13-14-15-23-25(19(5)6)31-28-27(26(20(7)10-2)32-34(28)29(23)35)30-24-17-16-22(18-21(24)8)33(11-3)12-4/h10,16-19,30,32H,9,11-15H2,1-8H3/b20-10+. The van der Waals surface area contributed by atoms with Gasteiger partial charge in [-0.25, -0.2) is 4.98 Å². The quantitative estimate of drug-likeness (QED) is 0.287. The molecular formula is C29H43N5O. The maximum atomic E-state index is 13.7. The monoisotopic (exact) mass is 477 g/mol. The third-order valence-corrected chi connectivity index (χ3v) is 6.91. The number of allylic oxidation sites excluding steroid dienone is 2. The van der Waals surface area contributed by atoms with Crippen LogP contribution < -0.4 is 15.8 Å². The van der Waals surface area contributed by atoms with Gasteiger partial charge in [0.15, 0.2) is 5.65 Å². The molecule has 190 valence electrons. The van der Waals surface area contributed by atoms with Crippen molar-refractivity contribution >= 4 is 28.3 Å². The molecule has 0 unspecified atom stereocenters. The summed E-state index contributed by atoms with van der Waals surface area (Å²) in [5.74, 6) is 0.174. The number of aromatic nitrogens is 3. The van der Waals surface area contributed by atoms with E-state index in [0.717, 1.165) is 78.2 Å². The zero-order valence-electron chi connectivity index (χ0n) is 22.9. The van der Waals surface area contributed by atoms with Crippen LogP contribution in [-0.2, 0) is 6.42 Å². The van der Waals surface area contributed by atoms with Crippen molar-refractivity contribution in [1.29, 1.82) is 0 Å². The highest BCUT2D eigenvalue weighted by Gasteiger charge is 2.22. The van der Waals surface area contributed by atoms with Gasteiger partial charge in [0.2, 0.25) is 0 Å². The number of aromatic amines is 1. The van der Waals surface area contributed by atoms with Crippen molar-refractivity contribution in [1.82, 2.24) is 14.6 Å². The van der Waals surface area contributed by atoms with Crippen LogP contribution in [0.15, 0.2) is 29.1 Å². The second kappa shape index (κ2) is 11.6. The summed E-state index contributed by atoms with van der Waals surface area (Å²) in [5.41, 5.74) is 8.60. The molecule has 0 bridgehead atoms. The molecule has 0 aliphatic rings. The fraction of sp³-hybridized carbons (Fsp3) is 0.517. The number of benzene rings is 1. The average molecular weight is 478 g/mol. The van der Waals surface area contributed by atoms with Crippen LogP contribution in [0.5, 0.6) is 0 Å². The second-order valence-corrected chi connectivity index (χ2v) is 9.68. The van der Waals surface area contributed by atoms with Gasteiger partial charge in [-0.15, -0.1) is 0 Å². The smallest absolute Gasteiger partial charge is 0.276 e. The van der Waals surface area contributed by atoms with E-state index in [1.807, 2.05) is 6.92 Å². The number of nitrogens with zero attached hydrogens (tertiary/aromatic N) is 3. The van der Waals surface area contributed by atoms with Gasteiger partial charge in [0.25, 0.3) is 5.56 Å². The molecule has 0 spiro atoms. The van der Waals surface area contributed by atoms with E-state index in [2.05, 4.69) is 88.1 Å². The third-order valence-electron chi connectivity index (χ3n) is 6.91. The number of fused-ring (bicyclic) bond motifs is 1. The molecule has 6 heteroatoms. The molecule has 0 radical (unpaired) electrons. The number of nitrogens with one attached hydrogen (secondary N) is 2. The van der Waals surface area contributed by atoms with Gasteiger partial charge in [0.1, 0.15) is 5.69 Å². The topological polar surface area (TPSA) is 65.4 Å². The first-order valence-electron chi connectivity index (χ1n) is 13.2. The fourth-order valence-electron chi connectivity index (χ4n) is 4.64. The Morgan fingerprint density at radius 1 is 1.20 bits per heavy atom. The lowest BCUT2D eigenvalue weighted by Crippen LogP contribution is -2.23. The van der Waals surface area contributed by atoms with Gasteiger partial charge in [0, 0.05) is 30.0 Å². The Morgan fingerprint density at radius 2 is 1.91 bits per heavy atom. The maximum absolute atomic E-state index is 13.7. The van der Waals surface area contributed by atoms with Crippen LogP contribution in [0.25, 0.3) is 11.2 Å². The lowest BCUT2D eigenvalue weighted by Gasteiger charge is -2.22. The predicted molar refractivity (Wildman–Crippen MR) is 150 cm³/mol. The van der Waals surface area contributed by atoms with E-state index >= 15 is 0 Å². The Labute approximate surface area is 210 Å². The molecule has 0 saturated carbocycles. The average Bonchev–Trinajstić information content (AvgIpc) is 3.20. The highest BCUT2D eigenvalue weighted by atomic mass is 16.1. The molecule has 0 fully saturated rings. The molecular weight excluding hydrogens is 434 g/mol. The molecule has 2 heterocycles. The normalized spacial score (nSPS) is 12.1. The van der Waals surface area contributed by atoms with Crippen LogP contribution in [0.2, 0.25) is 0 Å². The Hall–Kier alpha value is -3.02. The van der Waals surface area contributed by atoms with E-state index in [9.17, 15) is 4.79 Å². The number of rotatable bonds is 11. The minimum Gasteiger partial charge on any atom is -0.372 e. The lowest BCUT2D eigenvalue weighted by molar-refractivity contribution is 0.685. The Bertz CT molecular complexity index is 1240. The molecule has 3 aromatic rings. The number of unbranched alkanes of at least 4 members (excludes halogenated alkanes) is 2. The Morgan fingerprint density at radius 3 is 2.49 bits per heavy atom. The van der Waals surface area contributed by atoms with Crippen LogP contribution in [0, 0.1) is 6.92 Å². The zero-order chi connectivity index (χ0) is 25.7. The summed E-state index contributed by atoms with van der Waals surface area (Å²) in [5, 5.41) is 7.00. The van der Waals surface area contributed by atoms with E-state index in [1.54, 1.807) is 4.52 Å². The van der Waals surface area contributed by atoms with Crippen molar-refractivity contribution < 1.29 is 0 Å². The molecule has 3 rings (SSSR count). The minimum atomic E-state index is 0.0154. The van der Waals surface area contributed by atoms with Crippen molar-refractivity contribution in [3.63, 3.8) is 0 Å². The predicted octanol–water partition coefficient (Wildman–Crippen LogP) is 7.20. The van der Waals surface area contributed by atoms with Crippen molar-refractivity contribution in [3.05, 3.63) is 57.1 Å². The number of hydrogen-bond acceptors (Lipinski definition) is 4. The Kier molecular flexibility index (Phi) is 8.82. The maximum Gasteiger partial charge on any atom is 0.276 e. The summed E-state index contributed by atoms with van der Waals surface area (Å²) in [6, 6.07) is 6.50. The van der Waals surface area contributed by atoms with Gasteiger partial charge in [-0.2, -0.15) is 4.52 Å². The van der Waals surface area contributed by atoms with Crippen molar-refractivity contribution in [2.75, 3.05) is 23.3 Å². The summed E-state index contributed by atoms with van der Waals surface area (Å²) in [7, 11) is 0. The zero-order valence-corrected chi connectivity index (χ0v) is 22.9. The summed E-state index contributed by atoms with van der Waals surface area (Å²) in [4.78, 5) is 21.1. The highest BCUT2D eigenvalue weighted by Crippen LogP contribution is 2.33. The van der Waals surface area contributed by atoms with Gasteiger partial charge in [-0.3, -0.25) is 9.89 Å². The fourth-order valence-corrected chi connectivity index (χ4v) is 4.64. The molecule has 6 nitrogen and oxygen atoms in total. The lowest BCUT2D eigenvalue weighted by atomic mass is 10.00. The molecule has 2 N–H and O–H groups in total. The molecule has 0 aliphatic heterocycles. The first kappa shape index (κ1) is 26.6. The van der Waals surface area contributed by atoms with E-state index in [0.29, 0.717) is 5.65 Å². The Balaban J connectivity index is 2.18. The number of anilines is 3. The number of aryl methyl sites for hydroxylation is 1. The molecule has 35 heavy (non-hydrogen) atoms. The van der Waals surface area contributed by atoms with E-state index < -0.39 is 0 Å². The second-order valence-electron chi connectivity index (χ2n) is 9.68. The summed E-state index contributed by atoms with van der Waals surface area (Å²) in [6.07, 6.45) is 6.07. The van der Waals surface area contributed by atoms with Crippen molar-refractivity contribution in [3.8, 4) is 0 Å². The van der Waals surface area contributed by atoms with Gasteiger partial charge < -0.3 is 10.2 Å². The molecule has 0 aliphatic carbocycles. The van der Waals surface area contributed by atoms with Gasteiger partial charge in [0.05, 0.1) is 11.4 Å². The summed E-state index contributed by atoms with van der Waals surface area (Å²) >= 11 is 0. The van der Waals surface area contributed by atoms with Gasteiger partial charge in [-0.05, 0) is 82.7 Å². The van der Waals surface area contributed by atoms with Crippen molar-refractivity contribution in [2.45, 2.75) is 87.0 Å². The molecule has 1 aromatic carbocycles. The van der Waals surface area contributed by atoms with Crippen LogP contribution in [0.1, 0.15) is 96.2 Å². The van der Waals surface area contributed by atoms with Crippen LogP contribution in [0.4, 0.5) is 17.1 Å². The van der Waals surface area contributed by atoms with Crippen LogP contribution in [0.3, 0.4) is 0 Å². The largest absolute Gasteiger partial charge is 0.372 e. The van der Waals surface area contributed by atoms with Gasteiger partial charge in [-0.1, -0.05) is 39.7 Å². The number of hydrogen-bond donors (Lipinski definition) is 2. The molecule has 2 aromatic heterocycles. The molecule has 0 saturated heterocycles. The SMILES string of the molecule is C/C=C(\C)c1[nH]n2c(=O)c(CCCCC)c(C(C)C)nc2c1Nc1ccc(N(CC)CC)cc1C. The third kappa shape index (κ3) is 5.47. The van der Waals surface area contributed by atoms with Crippen molar-refractivity contribution in [2.24, 2.45) is 0 Å².